The standard InChI is InChI=1S/C22H22N4O5/c1-3-30-20(28)16-13-24-26-17(9-10-23-18(16)26)19(27)25-22(21(29)31-4-2)11-14-7-5-6-8-15(14)12-22/h5-10,13H,3-4,11-12H2,1-2H3,(H,25,27). The van der Waals surface area contributed by atoms with Crippen molar-refractivity contribution in [2.75, 3.05) is 13.2 Å². The molecule has 2 heterocycles. The van der Waals surface area contributed by atoms with Crippen LogP contribution in [0, 0.1) is 0 Å². The van der Waals surface area contributed by atoms with E-state index in [1.807, 2.05) is 24.3 Å². The highest BCUT2D eigenvalue weighted by molar-refractivity contribution is 6.00. The molecule has 1 amide bonds. The quantitative estimate of drug-likeness (QED) is 0.602. The Hall–Kier alpha value is -3.75. The predicted octanol–water partition coefficient (Wildman–Crippen LogP) is 1.74. The van der Waals surface area contributed by atoms with Crippen molar-refractivity contribution in [3.05, 3.63) is 65.1 Å². The smallest absolute Gasteiger partial charge is 0.343 e. The Kier molecular flexibility index (Phi) is 5.41. The van der Waals surface area contributed by atoms with Crippen molar-refractivity contribution < 1.29 is 23.9 Å². The number of amides is 1. The minimum Gasteiger partial charge on any atom is -0.464 e. The van der Waals surface area contributed by atoms with Crippen LogP contribution in [0.15, 0.2) is 42.7 Å². The summed E-state index contributed by atoms with van der Waals surface area (Å²) in [5, 5.41) is 7.02. The van der Waals surface area contributed by atoms with E-state index in [1.165, 1.54) is 23.0 Å². The number of carbonyl (C=O) groups excluding carboxylic acids is 3. The van der Waals surface area contributed by atoms with Crippen molar-refractivity contribution in [1.29, 1.82) is 0 Å². The molecule has 0 saturated heterocycles. The maximum Gasteiger partial charge on any atom is 0.343 e. The first-order valence-electron chi connectivity index (χ1n) is 10.1. The lowest BCUT2D eigenvalue weighted by atomic mass is 9.95. The highest BCUT2D eigenvalue weighted by Crippen LogP contribution is 2.31. The van der Waals surface area contributed by atoms with Gasteiger partial charge in [-0.3, -0.25) is 4.79 Å². The highest BCUT2D eigenvalue weighted by atomic mass is 16.5. The van der Waals surface area contributed by atoms with Crippen molar-refractivity contribution >= 4 is 23.5 Å². The Bertz CT molecular complexity index is 1140. The lowest BCUT2D eigenvalue weighted by Gasteiger charge is -2.28. The summed E-state index contributed by atoms with van der Waals surface area (Å²) < 4.78 is 11.6. The molecule has 1 N–H and O–H groups in total. The van der Waals surface area contributed by atoms with E-state index in [9.17, 15) is 14.4 Å². The zero-order valence-electron chi connectivity index (χ0n) is 17.3. The van der Waals surface area contributed by atoms with Gasteiger partial charge in [-0.15, -0.1) is 0 Å². The van der Waals surface area contributed by atoms with Crippen LogP contribution in [-0.2, 0) is 27.1 Å². The summed E-state index contributed by atoms with van der Waals surface area (Å²) in [5.41, 5.74) is 1.25. The van der Waals surface area contributed by atoms with Crippen molar-refractivity contribution in [2.45, 2.75) is 32.2 Å². The molecule has 160 valence electrons. The van der Waals surface area contributed by atoms with Gasteiger partial charge in [0.05, 0.1) is 19.4 Å². The molecule has 0 aliphatic heterocycles. The van der Waals surface area contributed by atoms with Crippen molar-refractivity contribution in [3.63, 3.8) is 0 Å². The number of ether oxygens (including phenoxy) is 2. The Morgan fingerprint density at radius 3 is 2.39 bits per heavy atom. The SMILES string of the molecule is CCOC(=O)c1cnn2c(C(=O)NC3(C(=O)OCC)Cc4ccccc4C3)ccnc12. The molecule has 2 aromatic heterocycles. The fourth-order valence-electron chi connectivity index (χ4n) is 3.87. The van der Waals surface area contributed by atoms with Gasteiger partial charge in [0.2, 0.25) is 0 Å². The van der Waals surface area contributed by atoms with E-state index in [4.69, 9.17) is 9.47 Å². The number of benzene rings is 1. The largest absolute Gasteiger partial charge is 0.464 e. The molecule has 9 heteroatoms. The van der Waals surface area contributed by atoms with E-state index in [2.05, 4.69) is 15.4 Å². The number of hydrogen-bond acceptors (Lipinski definition) is 7. The highest BCUT2D eigenvalue weighted by Gasteiger charge is 2.46. The molecule has 0 radical (unpaired) electrons. The molecule has 0 spiro atoms. The number of esters is 2. The first-order chi connectivity index (χ1) is 15.0. The van der Waals surface area contributed by atoms with Gasteiger partial charge >= 0.3 is 11.9 Å². The van der Waals surface area contributed by atoms with Crippen molar-refractivity contribution in [1.82, 2.24) is 19.9 Å². The summed E-state index contributed by atoms with van der Waals surface area (Å²) in [7, 11) is 0. The van der Waals surface area contributed by atoms with E-state index >= 15 is 0 Å². The molecule has 31 heavy (non-hydrogen) atoms. The van der Waals surface area contributed by atoms with Crippen LogP contribution < -0.4 is 5.32 Å². The third-order valence-corrected chi connectivity index (χ3v) is 5.25. The molecule has 0 bridgehead atoms. The Balaban J connectivity index is 1.68. The van der Waals surface area contributed by atoms with Crippen LogP contribution in [0.3, 0.4) is 0 Å². The fraction of sp³-hybridized carbons (Fsp3) is 0.318. The minimum atomic E-state index is -1.22. The number of rotatable bonds is 6. The maximum atomic E-state index is 13.3. The van der Waals surface area contributed by atoms with Gasteiger partial charge in [-0.25, -0.2) is 19.1 Å². The van der Waals surface area contributed by atoms with E-state index < -0.39 is 23.4 Å². The number of nitrogens with one attached hydrogen (secondary N) is 1. The molecule has 4 rings (SSSR count). The maximum absolute atomic E-state index is 13.3. The van der Waals surface area contributed by atoms with Gasteiger partial charge in [-0.2, -0.15) is 5.10 Å². The summed E-state index contributed by atoms with van der Waals surface area (Å²) in [6.07, 6.45) is 3.38. The van der Waals surface area contributed by atoms with Crippen LogP contribution >= 0.6 is 0 Å². The minimum absolute atomic E-state index is 0.139. The van der Waals surface area contributed by atoms with E-state index in [0.717, 1.165) is 11.1 Å². The molecular weight excluding hydrogens is 400 g/mol. The second-order valence-electron chi connectivity index (χ2n) is 7.22. The monoisotopic (exact) mass is 422 g/mol. The van der Waals surface area contributed by atoms with Crippen molar-refractivity contribution in [3.8, 4) is 0 Å². The van der Waals surface area contributed by atoms with E-state index in [0.29, 0.717) is 12.8 Å². The van der Waals surface area contributed by atoms with Gasteiger partial charge < -0.3 is 14.8 Å². The Morgan fingerprint density at radius 2 is 1.74 bits per heavy atom. The van der Waals surface area contributed by atoms with Crippen molar-refractivity contribution in [2.24, 2.45) is 0 Å². The lowest BCUT2D eigenvalue weighted by molar-refractivity contribution is -0.150. The molecular formula is C22H22N4O5. The number of fused-ring (bicyclic) bond motifs is 2. The van der Waals surface area contributed by atoms with Crippen LogP contribution in [0.5, 0.6) is 0 Å². The first kappa shape index (κ1) is 20.5. The van der Waals surface area contributed by atoms with E-state index in [-0.39, 0.29) is 30.1 Å². The molecule has 1 aliphatic carbocycles. The molecule has 0 unspecified atom stereocenters. The molecule has 0 saturated carbocycles. The van der Waals surface area contributed by atoms with Crippen LogP contribution in [0.25, 0.3) is 5.65 Å². The first-order valence-corrected chi connectivity index (χ1v) is 10.1. The topological polar surface area (TPSA) is 112 Å². The summed E-state index contributed by atoms with van der Waals surface area (Å²) >= 11 is 0. The molecule has 1 aliphatic rings. The zero-order chi connectivity index (χ0) is 22.0. The van der Waals surface area contributed by atoms with Crippen LogP contribution in [0.2, 0.25) is 0 Å². The third-order valence-electron chi connectivity index (χ3n) is 5.25. The Labute approximate surface area is 178 Å². The average Bonchev–Trinajstić information content (AvgIpc) is 3.35. The van der Waals surface area contributed by atoms with Crippen LogP contribution in [0.4, 0.5) is 0 Å². The number of carbonyl (C=O) groups is 3. The molecule has 1 aromatic carbocycles. The number of aromatic nitrogens is 3. The molecule has 0 atom stereocenters. The average molecular weight is 422 g/mol. The normalized spacial score (nSPS) is 14.1. The zero-order valence-corrected chi connectivity index (χ0v) is 17.3. The number of nitrogens with zero attached hydrogens (tertiary/aromatic N) is 3. The summed E-state index contributed by atoms with van der Waals surface area (Å²) in [6, 6.07) is 9.15. The van der Waals surface area contributed by atoms with Crippen LogP contribution in [-0.4, -0.2) is 51.2 Å². The molecule has 9 nitrogen and oxygen atoms in total. The second-order valence-corrected chi connectivity index (χ2v) is 7.22. The molecule has 3 aromatic rings. The van der Waals surface area contributed by atoms with Gasteiger partial charge in [0, 0.05) is 19.0 Å². The van der Waals surface area contributed by atoms with Gasteiger partial charge in [0.15, 0.2) is 5.65 Å². The lowest BCUT2D eigenvalue weighted by Crippen LogP contribution is -2.56. The number of hydrogen-bond donors (Lipinski definition) is 1. The van der Waals surface area contributed by atoms with Gasteiger partial charge in [0.25, 0.3) is 5.91 Å². The van der Waals surface area contributed by atoms with Gasteiger partial charge in [0.1, 0.15) is 16.8 Å². The predicted molar refractivity (Wildman–Crippen MR) is 110 cm³/mol. The summed E-state index contributed by atoms with van der Waals surface area (Å²) in [6.45, 7) is 3.83. The summed E-state index contributed by atoms with van der Waals surface area (Å²) in [5.74, 6) is -1.58. The summed E-state index contributed by atoms with van der Waals surface area (Å²) in [4.78, 5) is 42.5. The van der Waals surface area contributed by atoms with Gasteiger partial charge in [-0.1, -0.05) is 24.3 Å². The third kappa shape index (κ3) is 3.63. The second kappa shape index (κ2) is 8.17. The fourth-order valence-corrected chi connectivity index (χ4v) is 3.87. The molecule has 0 fully saturated rings. The van der Waals surface area contributed by atoms with Crippen LogP contribution in [0.1, 0.15) is 45.8 Å². The van der Waals surface area contributed by atoms with Gasteiger partial charge in [-0.05, 0) is 31.0 Å². The Morgan fingerprint density at radius 1 is 1.06 bits per heavy atom. The van der Waals surface area contributed by atoms with E-state index in [1.54, 1.807) is 13.8 Å².